The minimum atomic E-state index is 0.269. The van der Waals surface area contributed by atoms with E-state index in [4.69, 9.17) is 5.73 Å². The van der Waals surface area contributed by atoms with E-state index in [1.807, 2.05) is 0 Å². The van der Waals surface area contributed by atoms with Crippen molar-refractivity contribution in [3.8, 4) is 0 Å². The number of hydrogen-bond acceptors (Lipinski definition) is 4. The van der Waals surface area contributed by atoms with E-state index >= 15 is 0 Å². The number of fused-ring (bicyclic) bond motifs is 1. The Kier molecular flexibility index (Phi) is 3.21. The van der Waals surface area contributed by atoms with E-state index < -0.39 is 0 Å². The average Bonchev–Trinajstić information content (AvgIpc) is 2.74. The fraction of sp³-hybridized carbons (Fsp3) is 1.00. The smallest absolute Gasteiger partial charge is 0.0278 e. The molecule has 4 heteroatoms. The Morgan fingerprint density at radius 2 is 2.14 bits per heavy atom. The molecular weight excluding hydrogens is 260 g/mol. The van der Waals surface area contributed by atoms with Crippen LogP contribution in [0.4, 0.5) is 0 Å². The largest absolute Gasteiger partial charge is 0.327 e. The zero-order chi connectivity index (χ0) is 14.8. The minimum Gasteiger partial charge on any atom is -0.327 e. The Bertz CT molecular complexity index is 423. The van der Waals surface area contributed by atoms with Crippen molar-refractivity contribution < 1.29 is 0 Å². The molecule has 4 unspecified atom stereocenters. The normalized spacial score (nSPS) is 46.9. The van der Waals surface area contributed by atoms with Crippen LogP contribution in [0.1, 0.15) is 33.1 Å². The molecule has 5 atom stereocenters. The van der Waals surface area contributed by atoms with Gasteiger partial charge < -0.3 is 16.0 Å². The Morgan fingerprint density at radius 3 is 2.76 bits per heavy atom. The van der Waals surface area contributed by atoms with E-state index in [0.29, 0.717) is 11.5 Å². The van der Waals surface area contributed by atoms with Gasteiger partial charge in [0.05, 0.1) is 0 Å². The van der Waals surface area contributed by atoms with Crippen LogP contribution in [0.15, 0.2) is 0 Å². The van der Waals surface area contributed by atoms with Gasteiger partial charge in [0.1, 0.15) is 0 Å². The van der Waals surface area contributed by atoms with Crippen molar-refractivity contribution in [1.82, 2.24) is 15.1 Å². The van der Waals surface area contributed by atoms with Crippen molar-refractivity contribution in [3.05, 3.63) is 0 Å². The Hall–Kier alpha value is -0.160. The standard InChI is InChI=1S/C17H32N4/c1-16(2,21-8-12-6-14(18)13(12)9-21)10-19-15-7-17(15)4-5-20(3)11-17/h12-15,19H,4-11,18H2,1-3H3/t12?,13?,14?,15-,17?/m0/s1. The van der Waals surface area contributed by atoms with E-state index in [1.54, 1.807) is 0 Å². The van der Waals surface area contributed by atoms with Crippen molar-refractivity contribution in [2.75, 3.05) is 39.8 Å². The van der Waals surface area contributed by atoms with Gasteiger partial charge in [0.15, 0.2) is 0 Å². The van der Waals surface area contributed by atoms with Crippen LogP contribution in [-0.4, -0.2) is 67.2 Å². The average molecular weight is 292 g/mol. The first-order valence-electron chi connectivity index (χ1n) is 8.82. The molecule has 120 valence electrons. The Labute approximate surface area is 129 Å². The molecule has 3 N–H and O–H groups in total. The molecule has 4 fully saturated rings. The summed E-state index contributed by atoms with van der Waals surface area (Å²) < 4.78 is 0. The zero-order valence-corrected chi connectivity index (χ0v) is 13.9. The van der Waals surface area contributed by atoms with Gasteiger partial charge in [-0.2, -0.15) is 0 Å². The number of nitrogens with one attached hydrogen (secondary N) is 1. The highest BCUT2D eigenvalue weighted by molar-refractivity contribution is 5.13. The number of hydrogen-bond donors (Lipinski definition) is 2. The van der Waals surface area contributed by atoms with Crippen molar-refractivity contribution in [3.63, 3.8) is 0 Å². The van der Waals surface area contributed by atoms with Gasteiger partial charge in [0, 0.05) is 49.2 Å². The molecular formula is C17H32N4. The quantitative estimate of drug-likeness (QED) is 0.802. The van der Waals surface area contributed by atoms with Gasteiger partial charge in [-0.25, -0.2) is 0 Å². The molecule has 2 heterocycles. The molecule has 1 spiro atoms. The first-order valence-corrected chi connectivity index (χ1v) is 8.82. The molecule has 21 heavy (non-hydrogen) atoms. The maximum absolute atomic E-state index is 6.15. The fourth-order valence-corrected chi connectivity index (χ4v) is 5.13. The van der Waals surface area contributed by atoms with E-state index in [-0.39, 0.29) is 5.54 Å². The van der Waals surface area contributed by atoms with Crippen molar-refractivity contribution in [1.29, 1.82) is 0 Å². The number of likely N-dealkylation sites (tertiary alicyclic amines) is 2. The van der Waals surface area contributed by atoms with Gasteiger partial charge in [0.2, 0.25) is 0 Å². The summed E-state index contributed by atoms with van der Waals surface area (Å²) in [5, 5.41) is 3.89. The van der Waals surface area contributed by atoms with E-state index in [9.17, 15) is 0 Å². The van der Waals surface area contributed by atoms with Gasteiger partial charge in [-0.15, -0.1) is 0 Å². The molecule has 4 nitrogen and oxygen atoms in total. The van der Waals surface area contributed by atoms with Gasteiger partial charge in [-0.05, 0) is 58.5 Å². The third kappa shape index (κ3) is 2.35. The van der Waals surface area contributed by atoms with Crippen molar-refractivity contribution >= 4 is 0 Å². The van der Waals surface area contributed by atoms with Gasteiger partial charge in [0.25, 0.3) is 0 Å². The monoisotopic (exact) mass is 292 g/mol. The Morgan fingerprint density at radius 1 is 1.33 bits per heavy atom. The van der Waals surface area contributed by atoms with Crippen LogP contribution in [0, 0.1) is 17.3 Å². The molecule has 2 aliphatic heterocycles. The summed E-state index contributed by atoms with van der Waals surface area (Å²) in [4.78, 5) is 5.18. The van der Waals surface area contributed by atoms with Crippen molar-refractivity contribution in [2.45, 2.75) is 50.7 Å². The summed E-state index contributed by atoms with van der Waals surface area (Å²) >= 11 is 0. The number of nitrogens with zero attached hydrogens (tertiary/aromatic N) is 2. The molecule has 4 aliphatic rings. The molecule has 2 saturated carbocycles. The molecule has 2 saturated heterocycles. The van der Waals surface area contributed by atoms with E-state index in [2.05, 4.69) is 36.0 Å². The fourth-order valence-electron chi connectivity index (χ4n) is 5.13. The second kappa shape index (κ2) is 4.67. The lowest BCUT2D eigenvalue weighted by molar-refractivity contribution is 0.144. The first kappa shape index (κ1) is 14.4. The van der Waals surface area contributed by atoms with Gasteiger partial charge in [-0.3, -0.25) is 4.90 Å². The third-order valence-corrected chi connectivity index (χ3v) is 7.02. The number of rotatable bonds is 4. The first-order chi connectivity index (χ1) is 9.90. The van der Waals surface area contributed by atoms with Crippen LogP contribution in [0.25, 0.3) is 0 Å². The summed E-state index contributed by atoms with van der Waals surface area (Å²) in [6, 6.07) is 1.24. The predicted molar refractivity (Wildman–Crippen MR) is 86.2 cm³/mol. The maximum Gasteiger partial charge on any atom is 0.0278 e. The molecule has 0 aromatic rings. The second-order valence-electron chi connectivity index (χ2n) is 9.03. The maximum atomic E-state index is 6.15. The summed E-state index contributed by atoms with van der Waals surface area (Å²) in [7, 11) is 2.26. The van der Waals surface area contributed by atoms with E-state index in [1.165, 1.54) is 45.4 Å². The topological polar surface area (TPSA) is 44.5 Å². The highest BCUT2D eigenvalue weighted by Crippen LogP contribution is 2.52. The third-order valence-electron chi connectivity index (χ3n) is 7.02. The lowest BCUT2D eigenvalue weighted by Gasteiger charge is -2.36. The highest BCUT2D eigenvalue weighted by Gasteiger charge is 2.57. The van der Waals surface area contributed by atoms with Crippen LogP contribution >= 0.6 is 0 Å². The van der Waals surface area contributed by atoms with E-state index in [0.717, 1.165) is 24.4 Å². The molecule has 0 bridgehead atoms. The van der Waals surface area contributed by atoms with Gasteiger partial charge in [-0.1, -0.05) is 0 Å². The van der Waals surface area contributed by atoms with Crippen LogP contribution in [0.2, 0.25) is 0 Å². The molecule has 0 aromatic heterocycles. The molecule has 4 rings (SSSR count). The summed E-state index contributed by atoms with van der Waals surface area (Å²) in [5.74, 6) is 1.66. The highest BCUT2D eigenvalue weighted by atomic mass is 15.3. The van der Waals surface area contributed by atoms with Crippen LogP contribution < -0.4 is 11.1 Å². The minimum absolute atomic E-state index is 0.269. The lowest BCUT2D eigenvalue weighted by Crippen LogP contribution is -2.50. The number of nitrogens with two attached hydrogens (primary N) is 1. The van der Waals surface area contributed by atoms with Crippen LogP contribution in [0.5, 0.6) is 0 Å². The SMILES string of the molecule is CN1CCC2(C[C@@H]2NCC(C)(C)N2CC3CC(N)C3C2)C1. The lowest BCUT2D eigenvalue weighted by atomic mass is 9.72. The summed E-state index contributed by atoms with van der Waals surface area (Å²) in [5.41, 5.74) is 7.04. The van der Waals surface area contributed by atoms with Crippen molar-refractivity contribution in [2.24, 2.45) is 23.0 Å². The molecule has 0 radical (unpaired) electrons. The van der Waals surface area contributed by atoms with Gasteiger partial charge >= 0.3 is 0 Å². The molecule has 0 aromatic carbocycles. The van der Waals surface area contributed by atoms with Crippen LogP contribution in [0.3, 0.4) is 0 Å². The summed E-state index contributed by atoms with van der Waals surface area (Å²) in [6.45, 7) is 11.0. The summed E-state index contributed by atoms with van der Waals surface area (Å²) in [6.07, 6.45) is 4.04. The predicted octanol–water partition coefficient (Wildman–Crippen LogP) is 0.728. The van der Waals surface area contributed by atoms with Crippen LogP contribution in [-0.2, 0) is 0 Å². The second-order valence-corrected chi connectivity index (χ2v) is 9.03. The molecule has 0 amide bonds. The molecule has 2 aliphatic carbocycles. The zero-order valence-electron chi connectivity index (χ0n) is 13.9. The Balaban J connectivity index is 1.29.